The second-order valence-electron chi connectivity index (χ2n) is 9.75. The highest BCUT2D eigenvalue weighted by Crippen LogP contribution is 2.30. The average molecular weight is 499 g/mol. The quantitative estimate of drug-likeness (QED) is 0.449. The van der Waals surface area contributed by atoms with Crippen molar-refractivity contribution in [2.75, 3.05) is 44.1 Å². The van der Waals surface area contributed by atoms with E-state index in [4.69, 9.17) is 9.47 Å². The number of methoxy groups -OCH3 is 1. The summed E-state index contributed by atoms with van der Waals surface area (Å²) in [6.45, 7) is 4.39. The molecule has 1 atom stereocenters. The van der Waals surface area contributed by atoms with Crippen molar-refractivity contribution >= 4 is 11.8 Å². The summed E-state index contributed by atoms with van der Waals surface area (Å²) in [6, 6.07) is 5.08. The summed E-state index contributed by atoms with van der Waals surface area (Å²) < 4.78 is 25.3. The summed E-state index contributed by atoms with van der Waals surface area (Å²) in [5.41, 5.74) is -0.0343. The Morgan fingerprint density at radius 2 is 1.94 bits per heavy atom. The van der Waals surface area contributed by atoms with Crippen LogP contribution in [-0.4, -0.2) is 71.5 Å². The first-order valence-electron chi connectivity index (χ1n) is 12.6. The molecule has 0 aromatic carbocycles. The summed E-state index contributed by atoms with van der Waals surface area (Å²) in [7, 11) is 1.71. The van der Waals surface area contributed by atoms with E-state index in [2.05, 4.69) is 48.9 Å². The van der Waals surface area contributed by atoms with Crippen LogP contribution in [0.25, 0.3) is 11.4 Å². The van der Waals surface area contributed by atoms with E-state index in [0.29, 0.717) is 68.8 Å². The molecule has 2 fully saturated rings. The van der Waals surface area contributed by atoms with Crippen molar-refractivity contribution in [3.8, 4) is 17.5 Å². The Kier molecular flexibility index (Phi) is 8.96. The molecule has 2 aromatic heterocycles. The highest BCUT2D eigenvalue weighted by molar-refractivity contribution is 5.60. The van der Waals surface area contributed by atoms with Crippen molar-refractivity contribution in [2.45, 2.75) is 63.6 Å². The first-order valence-corrected chi connectivity index (χ1v) is 12.6. The lowest BCUT2D eigenvalue weighted by molar-refractivity contribution is 0.0455. The van der Waals surface area contributed by atoms with E-state index < -0.39 is 11.2 Å². The molecule has 4 rings (SSSR count). The molecule has 2 aromatic rings. The van der Waals surface area contributed by atoms with Crippen LogP contribution in [0, 0.1) is 22.6 Å². The number of hydrogen-bond acceptors (Lipinski definition) is 10. The molecule has 0 spiro atoms. The largest absolute Gasteiger partial charge is 0.383 e. The molecule has 1 saturated heterocycles. The van der Waals surface area contributed by atoms with Gasteiger partial charge in [0.05, 0.1) is 30.0 Å². The topological polar surface area (TPSA) is 130 Å². The molecule has 194 valence electrons. The third-order valence-corrected chi connectivity index (χ3v) is 6.95. The SMILES string of the molecule is COCC(C)NC1CCC(Nc2ncc(F)c(-c3cc(NCC4(C#N)CCOCC4)ncn3)n2)CC1. The number of hydrogen-bond donors (Lipinski definition) is 3. The fourth-order valence-corrected chi connectivity index (χ4v) is 4.84. The van der Waals surface area contributed by atoms with Crippen molar-refractivity contribution < 1.29 is 13.9 Å². The van der Waals surface area contributed by atoms with Crippen LogP contribution in [0.4, 0.5) is 16.2 Å². The van der Waals surface area contributed by atoms with Gasteiger partial charge in [-0.25, -0.2) is 24.3 Å². The lowest BCUT2D eigenvalue weighted by Gasteiger charge is -2.31. The van der Waals surface area contributed by atoms with E-state index >= 15 is 0 Å². The maximum absolute atomic E-state index is 14.7. The van der Waals surface area contributed by atoms with Gasteiger partial charge in [-0.2, -0.15) is 5.26 Å². The molecule has 0 radical (unpaired) electrons. The maximum Gasteiger partial charge on any atom is 0.223 e. The zero-order chi connectivity index (χ0) is 25.4. The molecule has 0 amide bonds. The number of halogens is 1. The first kappa shape index (κ1) is 26.1. The molecular formula is C25H35FN8O2. The molecule has 1 unspecified atom stereocenters. The number of aromatic nitrogens is 4. The van der Waals surface area contributed by atoms with E-state index in [0.717, 1.165) is 25.7 Å². The van der Waals surface area contributed by atoms with Gasteiger partial charge >= 0.3 is 0 Å². The lowest BCUT2D eigenvalue weighted by atomic mass is 9.82. The summed E-state index contributed by atoms with van der Waals surface area (Å²) >= 11 is 0. The van der Waals surface area contributed by atoms with Gasteiger partial charge in [-0.05, 0) is 45.4 Å². The number of nitrogens with zero attached hydrogens (tertiary/aromatic N) is 5. The summed E-state index contributed by atoms with van der Waals surface area (Å²) in [5.74, 6) is 0.347. The Balaban J connectivity index is 1.37. The van der Waals surface area contributed by atoms with Gasteiger partial charge in [0.15, 0.2) is 5.82 Å². The fraction of sp³-hybridized carbons (Fsp3) is 0.640. The Morgan fingerprint density at radius 1 is 1.19 bits per heavy atom. The minimum atomic E-state index is -0.553. The Hall–Kier alpha value is -2.94. The Bertz CT molecular complexity index is 1030. The zero-order valence-corrected chi connectivity index (χ0v) is 21.0. The third-order valence-electron chi connectivity index (χ3n) is 6.95. The van der Waals surface area contributed by atoms with Gasteiger partial charge in [0.25, 0.3) is 0 Å². The van der Waals surface area contributed by atoms with Crippen molar-refractivity contribution in [2.24, 2.45) is 5.41 Å². The molecule has 1 aliphatic carbocycles. The van der Waals surface area contributed by atoms with Gasteiger partial charge in [0.2, 0.25) is 5.95 Å². The van der Waals surface area contributed by atoms with Gasteiger partial charge in [0, 0.05) is 51.1 Å². The predicted molar refractivity (Wildman–Crippen MR) is 134 cm³/mol. The molecular weight excluding hydrogens is 463 g/mol. The fourth-order valence-electron chi connectivity index (χ4n) is 4.84. The lowest BCUT2D eigenvalue weighted by Crippen LogP contribution is -2.43. The molecule has 1 saturated carbocycles. The molecule has 2 aliphatic rings. The summed E-state index contributed by atoms with van der Waals surface area (Å²) in [4.78, 5) is 17.1. The molecule has 1 aliphatic heterocycles. The maximum atomic E-state index is 14.7. The Morgan fingerprint density at radius 3 is 2.67 bits per heavy atom. The molecule has 3 heterocycles. The highest BCUT2D eigenvalue weighted by atomic mass is 19.1. The van der Waals surface area contributed by atoms with E-state index in [1.54, 1.807) is 13.2 Å². The molecule has 10 nitrogen and oxygen atoms in total. The van der Waals surface area contributed by atoms with Crippen LogP contribution in [0.3, 0.4) is 0 Å². The van der Waals surface area contributed by atoms with Crippen LogP contribution in [0.5, 0.6) is 0 Å². The molecule has 0 bridgehead atoms. The monoisotopic (exact) mass is 498 g/mol. The van der Waals surface area contributed by atoms with Crippen LogP contribution >= 0.6 is 0 Å². The van der Waals surface area contributed by atoms with Crippen molar-refractivity contribution in [3.63, 3.8) is 0 Å². The van der Waals surface area contributed by atoms with Gasteiger partial charge < -0.3 is 25.4 Å². The molecule has 3 N–H and O–H groups in total. The van der Waals surface area contributed by atoms with Crippen LogP contribution in [-0.2, 0) is 9.47 Å². The molecule has 36 heavy (non-hydrogen) atoms. The van der Waals surface area contributed by atoms with Crippen LogP contribution in [0.15, 0.2) is 18.6 Å². The van der Waals surface area contributed by atoms with Gasteiger partial charge in [0.1, 0.15) is 17.8 Å². The van der Waals surface area contributed by atoms with E-state index in [-0.39, 0.29) is 11.7 Å². The smallest absolute Gasteiger partial charge is 0.223 e. The third kappa shape index (κ3) is 6.84. The van der Waals surface area contributed by atoms with Gasteiger partial charge in [-0.15, -0.1) is 0 Å². The normalized spacial score (nSPS) is 22.4. The van der Waals surface area contributed by atoms with E-state index in [1.807, 2.05) is 0 Å². The highest BCUT2D eigenvalue weighted by Gasteiger charge is 2.32. The minimum absolute atomic E-state index is 0.114. The Labute approximate surface area is 211 Å². The first-order chi connectivity index (χ1) is 17.5. The number of nitriles is 1. The standard InChI is InChI=1S/C25H35FN8O2/c1-17(13-35-2)32-18-3-5-19(6-4-18)33-24-28-12-20(26)23(34-24)21-11-22(31-16-30-21)29-15-25(14-27)7-9-36-10-8-25/h11-12,16-19,32H,3-10,13,15H2,1-2H3,(H,28,33,34)(H,29,30,31). The van der Waals surface area contributed by atoms with Gasteiger partial charge in [-0.1, -0.05) is 0 Å². The van der Waals surface area contributed by atoms with Crippen LogP contribution < -0.4 is 16.0 Å². The average Bonchev–Trinajstić information content (AvgIpc) is 2.90. The second kappa shape index (κ2) is 12.3. The zero-order valence-electron chi connectivity index (χ0n) is 21.0. The van der Waals surface area contributed by atoms with Crippen LogP contribution in [0.2, 0.25) is 0 Å². The van der Waals surface area contributed by atoms with Crippen molar-refractivity contribution in [3.05, 3.63) is 24.4 Å². The second-order valence-corrected chi connectivity index (χ2v) is 9.75. The van der Waals surface area contributed by atoms with E-state index in [1.165, 1.54) is 12.5 Å². The minimum Gasteiger partial charge on any atom is -0.383 e. The van der Waals surface area contributed by atoms with Gasteiger partial charge in [-0.3, -0.25) is 0 Å². The summed E-state index contributed by atoms with van der Waals surface area (Å²) in [6.07, 6.45) is 7.89. The number of ether oxygens (including phenoxy) is 2. The van der Waals surface area contributed by atoms with Crippen molar-refractivity contribution in [1.29, 1.82) is 5.26 Å². The number of anilines is 2. The number of rotatable bonds is 10. The number of nitrogens with one attached hydrogen (secondary N) is 3. The predicted octanol–water partition coefficient (Wildman–Crippen LogP) is 3.15. The summed E-state index contributed by atoms with van der Waals surface area (Å²) in [5, 5.41) is 19.9. The molecule has 11 heteroatoms. The van der Waals surface area contributed by atoms with Crippen LogP contribution in [0.1, 0.15) is 45.4 Å². The van der Waals surface area contributed by atoms with E-state index in [9.17, 15) is 9.65 Å². The van der Waals surface area contributed by atoms with Crippen molar-refractivity contribution in [1.82, 2.24) is 25.3 Å².